The van der Waals surface area contributed by atoms with E-state index in [-0.39, 0.29) is 5.95 Å². The van der Waals surface area contributed by atoms with Gasteiger partial charge in [0.05, 0.1) is 31.8 Å². The van der Waals surface area contributed by atoms with Crippen LogP contribution in [0.2, 0.25) is 0 Å². The van der Waals surface area contributed by atoms with Gasteiger partial charge in [0.1, 0.15) is 10.6 Å². The third-order valence-corrected chi connectivity index (χ3v) is 8.73. The van der Waals surface area contributed by atoms with Crippen molar-refractivity contribution in [2.45, 2.75) is 40.2 Å². The smallest absolute Gasteiger partial charge is 0.435 e. The van der Waals surface area contributed by atoms with Crippen molar-refractivity contribution in [1.29, 1.82) is 0 Å². The summed E-state index contributed by atoms with van der Waals surface area (Å²) < 4.78 is 5.98. The minimum absolute atomic E-state index is 0.285. The zero-order valence-corrected chi connectivity index (χ0v) is 28.3. The number of benzene rings is 2. The molecule has 0 aliphatic carbocycles. The average molecular weight is 663 g/mol. The van der Waals surface area contributed by atoms with Crippen molar-refractivity contribution < 1.29 is 9.53 Å². The Morgan fingerprint density at radius 3 is 2.19 bits per heavy atom. The third kappa shape index (κ3) is 7.56. The van der Waals surface area contributed by atoms with Crippen molar-refractivity contribution in [2.75, 3.05) is 21.1 Å². The van der Waals surface area contributed by atoms with Crippen molar-refractivity contribution in [1.82, 2.24) is 19.9 Å². The minimum atomic E-state index is -0.770. The average Bonchev–Trinajstić information content (AvgIpc) is 3.69. The van der Waals surface area contributed by atoms with Crippen LogP contribution in [-0.4, -0.2) is 31.6 Å². The van der Waals surface area contributed by atoms with Crippen LogP contribution in [0.1, 0.15) is 31.9 Å². The summed E-state index contributed by atoms with van der Waals surface area (Å²) >= 11 is 2.82. The second-order valence-corrected chi connectivity index (χ2v) is 14.0. The number of aryl methyl sites for hydroxylation is 2. The second kappa shape index (κ2) is 13.2. The van der Waals surface area contributed by atoms with Gasteiger partial charge in [-0.05, 0) is 106 Å². The number of nitrogens with two attached hydrogens (primary N) is 1. The predicted molar refractivity (Wildman–Crippen MR) is 192 cm³/mol. The molecule has 3 N–H and O–H groups in total. The number of hydrazine groups is 1. The van der Waals surface area contributed by atoms with Gasteiger partial charge < -0.3 is 15.8 Å². The maximum Gasteiger partial charge on any atom is 0.435 e. The normalized spacial score (nSPS) is 11.3. The standard InChI is InChI=1S/C35H34N8O2S2/c1-22-8-6-10-24(20-22)39-32-37-18-16-26(40-32)29-13-15-31(47-29)43(34(44)45-35(3,4)5)42(25-11-7-9-23(2)21-25)33-38-19-17-27(41-33)28-12-14-30(36)46-28/h6-21H,36H2,1-5H3,(H,37,39,40). The molecule has 0 spiro atoms. The predicted octanol–water partition coefficient (Wildman–Crippen LogP) is 9.16. The fourth-order valence-corrected chi connectivity index (χ4v) is 6.42. The highest BCUT2D eigenvalue weighted by Crippen LogP contribution is 2.39. The Bertz CT molecular complexity index is 2030. The van der Waals surface area contributed by atoms with Gasteiger partial charge >= 0.3 is 6.09 Å². The molecule has 0 fully saturated rings. The summed E-state index contributed by atoms with van der Waals surface area (Å²) in [5.41, 5.74) is 10.3. The molecule has 4 aromatic heterocycles. The number of anilines is 6. The van der Waals surface area contributed by atoms with E-state index in [0.717, 1.165) is 26.6 Å². The number of thiophene rings is 2. The number of nitrogen functional groups attached to an aromatic ring is 1. The summed E-state index contributed by atoms with van der Waals surface area (Å²) in [6, 6.07) is 27.0. The summed E-state index contributed by atoms with van der Waals surface area (Å²) in [5.74, 6) is 0.750. The Labute approximate surface area is 281 Å². The molecular weight excluding hydrogens is 629 g/mol. The highest BCUT2D eigenvalue weighted by molar-refractivity contribution is 7.19. The van der Waals surface area contributed by atoms with Crippen molar-refractivity contribution in [3.63, 3.8) is 0 Å². The summed E-state index contributed by atoms with van der Waals surface area (Å²) in [6.07, 6.45) is 2.79. The van der Waals surface area contributed by atoms with Crippen LogP contribution in [0.25, 0.3) is 21.1 Å². The molecule has 0 radical (unpaired) electrons. The number of carbonyl (C=O) groups excluding carboxylic acids is 1. The fourth-order valence-electron chi connectivity index (χ4n) is 4.72. The molecule has 0 atom stereocenters. The number of amides is 1. The highest BCUT2D eigenvalue weighted by atomic mass is 32.1. The number of carbonyl (C=O) groups is 1. The van der Waals surface area contributed by atoms with E-state index in [1.165, 1.54) is 27.7 Å². The molecule has 0 bridgehead atoms. The first-order valence-electron chi connectivity index (χ1n) is 14.9. The zero-order chi connectivity index (χ0) is 33.1. The molecule has 0 saturated heterocycles. The molecule has 6 rings (SSSR count). The molecule has 1 amide bonds. The van der Waals surface area contributed by atoms with Gasteiger partial charge in [-0.3, -0.25) is 0 Å². The monoisotopic (exact) mass is 662 g/mol. The highest BCUT2D eigenvalue weighted by Gasteiger charge is 2.33. The van der Waals surface area contributed by atoms with Crippen LogP contribution in [0.4, 0.5) is 38.1 Å². The van der Waals surface area contributed by atoms with E-state index in [9.17, 15) is 4.79 Å². The van der Waals surface area contributed by atoms with Crippen molar-refractivity contribution in [3.05, 3.63) is 108 Å². The molecule has 10 nitrogen and oxygen atoms in total. The Morgan fingerprint density at radius 1 is 0.809 bits per heavy atom. The van der Waals surface area contributed by atoms with Crippen molar-refractivity contribution in [3.8, 4) is 21.1 Å². The van der Waals surface area contributed by atoms with Gasteiger partial charge in [0, 0.05) is 18.1 Å². The molecule has 0 aliphatic rings. The first-order chi connectivity index (χ1) is 22.5. The van der Waals surface area contributed by atoms with E-state index in [1.807, 2.05) is 120 Å². The lowest BCUT2D eigenvalue weighted by atomic mass is 10.2. The minimum Gasteiger partial charge on any atom is -0.442 e. The summed E-state index contributed by atoms with van der Waals surface area (Å²) in [7, 11) is 0. The maximum absolute atomic E-state index is 14.2. The Hall–Kier alpha value is -5.33. The van der Waals surface area contributed by atoms with Gasteiger partial charge in [0.15, 0.2) is 0 Å². The first-order valence-corrected chi connectivity index (χ1v) is 16.5. The molecule has 0 unspecified atom stereocenters. The topological polar surface area (TPSA) is 122 Å². The van der Waals surface area contributed by atoms with Gasteiger partial charge in [-0.25, -0.2) is 29.7 Å². The van der Waals surface area contributed by atoms with E-state index in [2.05, 4.69) is 15.3 Å². The van der Waals surface area contributed by atoms with Crippen LogP contribution in [0.5, 0.6) is 0 Å². The van der Waals surface area contributed by atoms with Gasteiger partial charge in [-0.1, -0.05) is 24.3 Å². The molecule has 0 saturated carbocycles. The molecule has 0 aliphatic heterocycles. The molecular formula is C35H34N8O2S2. The number of rotatable bonds is 8. The van der Waals surface area contributed by atoms with Gasteiger partial charge in [0.2, 0.25) is 5.95 Å². The Kier molecular flexibility index (Phi) is 8.88. The number of hydrogen-bond acceptors (Lipinski definition) is 11. The van der Waals surface area contributed by atoms with E-state index in [1.54, 1.807) is 17.4 Å². The molecule has 12 heteroatoms. The summed E-state index contributed by atoms with van der Waals surface area (Å²) in [6.45, 7) is 9.53. The van der Waals surface area contributed by atoms with Crippen LogP contribution in [0.15, 0.2) is 97.3 Å². The second-order valence-electron chi connectivity index (χ2n) is 11.8. The SMILES string of the molecule is Cc1cccc(Nc2nccc(-c3ccc(N(C(=O)OC(C)(C)C)N(c4cccc(C)c4)c4nccc(-c5ccc(N)s5)n4)s3)n2)c1. The summed E-state index contributed by atoms with van der Waals surface area (Å²) in [5, 5.41) is 7.70. The first kappa shape index (κ1) is 31.6. The molecule has 4 heterocycles. The van der Waals surface area contributed by atoms with Gasteiger partial charge in [-0.15, -0.1) is 22.7 Å². The van der Waals surface area contributed by atoms with Crippen LogP contribution in [0.3, 0.4) is 0 Å². The maximum atomic E-state index is 14.2. The lowest BCUT2D eigenvalue weighted by molar-refractivity contribution is 0.0580. The zero-order valence-electron chi connectivity index (χ0n) is 26.6. The lowest BCUT2D eigenvalue weighted by Gasteiger charge is -2.35. The Morgan fingerprint density at radius 2 is 1.49 bits per heavy atom. The fraction of sp³-hybridized carbons (Fsp3) is 0.171. The van der Waals surface area contributed by atoms with Crippen LogP contribution in [-0.2, 0) is 4.74 Å². The number of ether oxygens (including phenoxy) is 1. The number of nitrogens with zero attached hydrogens (tertiary/aromatic N) is 6. The van der Waals surface area contributed by atoms with E-state index in [0.29, 0.717) is 33.0 Å². The largest absolute Gasteiger partial charge is 0.442 e. The van der Waals surface area contributed by atoms with Gasteiger partial charge in [-0.2, -0.15) is 5.01 Å². The lowest BCUT2D eigenvalue weighted by Crippen LogP contribution is -2.47. The quantitative estimate of drug-likeness (QED) is 0.154. The Balaban J connectivity index is 1.44. The van der Waals surface area contributed by atoms with E-state index in [4.69, 9.17) is 20.4 Å². The van der Waals surface area contributed by atoms with E-state index < -0.39 is 11.7 Å². The van der Waals surface area contributed by atoms with Crippen LogP contribution >= 0.6 is 22.7 Å². The van der Waals surface area contributed by atoms with Crippen LogP contribution < -0.4 is 21.1 Å². The number of hydrogen-bond donors (Lipinski definition) is 2. The third-order valence-electron chi connectivity index (χ3n) is 6.71. The molecule has 47 heavy (non-hydrogen) atoms. The van der Waals surface area contributed by atoms with Crippen molar-refractivity contribution >= 4 is 62.0 Å². The van der Waals surface area contributed by atoms with Crippen LogP contribution in [0, 0.1) is 13.8 Å². The van der Waals surface area contributed by atoms with E-state index >= 15 is 0 Å². The molecule has 2 aromatic carbocycles. The molecule has 6 aromatic rings. The number of nitrogens with one attached hydrogen (secondary N) is 1. The van der Waals surface area contributed by atoms with Crippen molar-refractivity contribution in [2.24, 2.45) is 0 Å². The summed E-state index contributed by atoms with van der Waals surface area (Å²) in [4.78, 5) is 34.6. The number of aromatic nitrogens is 4. The van der Waals surface area contributed by atoms with Gasteiger partial charge in [0.25, 0.3) is 5.95 Å². The molecule has 238 valence electrons.